The monoisotopic (exact) mass is 237 g/mol. The van der Waals surface area contributed by atoms with Gasteiger partial charge in [0.05, 0.1) is 35.3 Å². The fourth-order valence-corrected chi connectivity index (χ4v) is 1.08. The fourth-order valence-electron chi connectivity index (χ4n) is 0.726. The van der Waals surface area contributed by atoms with Gasteiger partial charge in [0.15, 0.2) is 0 Å². The Morgan fingerprint density at radius 2 is 2.67 bits per heavy atom. The first-order chi connectivity index (χ1) is 4.43. The van der Waals surface area contributed by atoms with Crippen molar-refractivity contribution >= 4 is 29.1 Å². The minimum atomic E-state index is 0.215. The summed E-state index contributed by atoms with van der Waals surface area (Å²) in [5.41, 5.74) is 0. The molecule has 3 heteroatoms. The smallest absolute Gasteiger partial charge is 0.134 e. The molecule has 0 saturated carbocycles. The van der Waals surface area contributed by atoms with Crippen LogP contribution in [0.1, 0.15) is 12.8 Å². The molecule has 0 bridgehead atoms. The maximum atomic E-state index is 5.18. The molecule has 0 saturated heterocycles. The van der Waals surface area contributed by atoms with Gasteiger partial charge in [-0.15, -0.1) is 0 Å². The SMILES string of the molecule is IN=C[C@@H]1CCC=CO1. The highest BCUT2D eigenvalue weighted by Gasteiger charge is 2.05. The van der Waals surface area contributed by atoms with Gasteiger partial charge in [-0.05, 0) is 18.9 Å². The van der Waals surface area contributed by atoms with E-state index in [0.717, 1.165) is 12.8 Å². The number of hydrogen-bond donors (Lipinski definition) is 0. The summed E-state index contributed by atoms with van der Waals surface area (Å²) in [5.74, 6) is 0. The largest absolute Gasteiger partial charge is 0.493 e. The number of allylic oxidation sites excluding steroid dienone is 1. The minimum Gasteiger partial charge on any atom is -0.493 e. The van der Waals surface area contributed by atoms with Crippen LogP contribution in [0, 0.1) is 0 Å². The summed E-state index contributed by atoms with van der Waals surface area (Å²) >= 11 is 1.96. The van der Waals surface area contributed by atoms with Gasteiger partial charge in [-0.3, -0.25) is 0 Å². The van der Waals surface area contributed by atoms with Crippen LogP contribution in [0.4, 0.5) is 0 Å². The third kappa shape index (κ3) is 2.34. The second kappa shape index (κ2) is 3.87. The van der Waals surface area contributed by atoms with E-state index in [1.54, 1.807) is 6.26 Å². The first-order valence-corrected chi connectivity index (χ1v) is 3.85. The summed E-state index contributed by atoms with van der Waals surface area (Å²) < 4.78 is 9.03. The molecule has 50 valence electrons. The van der Waals surface area contributed by atoms with Crippen LogP contribution in [-0.4, -0.2) is 12.3 Å². The summed E-state index contributed by atoms with van der Waals surface area (Å²) in [6.45, 7) is 0. The lowest BCUT2D eigenvalue weighted by molar-refractivity contribution is 0.185. The molecule has 0 aliphatic carbocycles. The zero-order valence-electron chi connectivity index (χ0n) is 4.96. The molecule has 1 heterocycles. The number of rotatable bonds is 1. The van der Waals surface area contributed by atoms with Gasteiger partial charge in [-0.1, -0.05) is 0 Å². The van der Waals surface area contributed by atoms with E-state index in [4.69, 9.17) is 4.74 Å². The molecule has 0 radical (unpaired) electrons. The predicted octanol–water partition coefficient (Wildman–Crippen LogP) is 2.10. The van der Waals surface area contributed by atoms with Gasteiger partial charge in [0, 0.05) is 0 Å². The van der Waals surface area contributed by atoms with Gasteiger partial charge in [0.2, 0.25) is 0 Å². The van der Waals surface area contributed by atoms with Gasteiger partial charge < -0.3 is 4.74 Å². The molecule has 2 nitrogen and oxygen atoms in total. The van der Waals surface area contributed by atoms with Gasteiger partial charge in [-0.25, -0.2) is 3.21 Å². The lowest BCUT2D eigenvalue weighted by atomic mass is 10.2. The average molecular weight is 237 g/mol. The molecular formula is C6H8INO. The van der Waals surface area contributed by atoms with E-state index in [0.29, 0.717) is 0 Å². The maximum absolute atomic E-state index is 5.18. The Labute approximate surface area is 68.5 Å². The third-order valence-electron chi connectivity index (χ3n) is 1.19. The summed E-state index contributed by atoms with van der Waals surface area (Å²) in [5, 5.41) is 0. The first-order valence-electron chi connectivity index (χ1n) is 2.88. The van der Waals surface area contributed by atoms with Gasteiger partial charge in [0.1, 0.15) is 6.10 Å². The van der Waals surface area contributed by atoms with Crippen molar-refractivity contribution in [1.29, 1.82) is 0 Å². The van der Waals surface area contributed by atoms with Crippen molar-refractivity contribution in [2.45, 2.75) is 18.9 Å². The van der Waals surface area contributed by atoms with Crippen molar-refractivity contribution in [1.82, 2.24) is 0 Å². The van der Waals surface area contributed by atoms with E-state index in [2.05, 4.69) is 3.21 Å². The molecule has 0 aromatic carbocycles. The van der Waals surface area contributed by atoms with E-state index < -0.39 is 0 Å². The molecule has 0 aromatic heterocycles. The number of hydrogen-bond acceptors (Lipinski definition) is 2. The molecule has 0 fully saturated rings. The first kappa shape index (κ1) is 7.05. The van der Waals surface area contributed by atoms with E-state index >= 15 is 0 Å². The lowest BCUT2D eigenvalue weighted by Gasteiger charge is -2.13. The van der Waals surface area contributed by atoms with Gasteiger partial charge in [0.25, 0.3) is 0 Å². The van der Waals surface area contributed by atoms with Gasteiger partial charge in [-0.2, -0.15) is 0 Å². The Morgan fingerprint density at radius 1 is 1.78 bits per heavy atom. The summed E-state index contributed by atoms with van der Waals surface area (Å²) in [6, 6.07) is 0. The Balaban J connectivity index is 2.35. The summed E-state index contributed by atoms with van der Waals surface area (Å²) in [7, 11) is 0. The molecule has 1 atom stereocenters. The van der Waals surface area contributed by atoms with Crippen molar-refractivity contribution < 1.29 is 4.74 Å². The van der Waals surface area contributed by atoms with Crippen LogP contribution in [0.5, 0.6) is 0 Å². The molecule has 1 rings (SSSR count). The van der Waals surface area contributed by atoms with Crippen molar-refractivity contribution in [3.63, 3.8) is 0 Å². The Kier molecular flexibility index (Phi) is 3.03. The van der Waals surface area contributed by atoms with Crippen LogP contribution in [-0.2, 0) is 4.74 Å². The van der Waals surface area contributed by atoms with Gasteiger partial charge >= 0.3 is 0 Å². The fraction of sp³-hybridized carbons (Fsp3) is 0.500. The number of ether oxygens (including phenoxy) is 1. The summed E-state index contributed by atoms with van der Waals surface area (Å²) in [4.78, 5) is 0. The lowest BCUT2D eigenvalue weighted by Crippen LogP contribution is -2.12. The zero-order valence-corrected chi connectivity index (χ0v) is 7.11. The molecule has 9 heavy (non-hydrogen) atoms. The molecule has 0 aromatic rings. The van der Waals surface area contributed by atoms with Crippen LogP contribution in [0.15, 0.2) is 15.5 Å². The molecule has 0 amide bonds. The Morgan fingerprint density at radius 3 is 3.22 bits per heavy atom. The number of nitrogens with zero attached hydrogens (tertiary/aromatic N) is 1. The topological polar surface area (TPSA) is 21.6 Å². The standard InChI is InChI=1S/C6H8INO/c7-8-5-6-3-1-2-4-9-6/h2,4-6H,1,3H2/t6-/m0/s1. The van der Waals surface area contributed by atoms with E-state index in [9.17, 15) is 0 Å². The van der Waals surface area contributed by atoms with Crippen molar-refractivity contribution in [2.75, 3.05) is 0 Å². The molecule has 0 N–H and O–H groups in total. The van der Waals surface area contributed by atoms with E-state index in [1.165, 1.54) is 0 Å². The molecule has 1 aliphatic heterocycles. The molecule has 0 unspecified atom stereocenters. The highest BCUT2D eigenvalue weighted by atomic mass is 127. The quantitative estimate of drug-likeness (QED) is 0.505. The highest BCUT2D eigenvalue weighted by Crippen LogP contribution is 2.08. The van der Waals surface area contributed by atoms with Crippen LogP contribution in [0.3, 0.4) is 0 Å². The molecular weight excluding hydrogens is 229 g/mol. The van der Waals surface area contributed by atoms with Crippen LogP contribution in [0.25, 0.3) is 0 Å². The number of halogens is 1. The van der Waals surface area contributed by atoms with Crippen molar-refractivity contribution in [2.24, 2.45) is 3.21 Å². The Hall–Kier alpha value is -0.0600. The van der Waals surface area contributed by atoms with Crippen LogP contribution < -0.4 is 0 Å². The third-order valence-corrected chi connectivity index (χ3v) is 1.51. The Bertz CT molecular complexity index is 133. The second-order valence-electron chi connectivity index (χ2n) is 1.87. The zero-order chi connectivity index (χ0) is 6.53. The molecule has 0 spiro atoms. The predicted molar refractivity (Wildman–Crippen MR) is 45.8 cm³/mol. The van der Waals surface area contributed by atoms with Crippen LogP contribution in [0.2, 0.25) is 0 Å². The minimum absolute atomic E-state index is 0.215. The molecule has 1 aliphatic rings. The van der Waals surface area contributed by atoms with Crippen molar-refractivity contribution in [3.05, 3.63) is 12.3 Å². The average Bonchev–Trinajstić information content (AvgIpc) is 1.91. The van der Waals surface area contributed by atoms with Crippen molar-refractivity contribution in [3.8, 4) is 0 Å². The van der Waals surface area contributed by atoms with E-state index in [-0.39, 0.29) is 6.10 Å². The van der Waals surface area contributed by atoms with Crippen LogP contribution >= 0.6 is 22.9 Å². The normalized spacial score (nSPS) is 26.6. The highest BCUT2D eigenvalue weighted by molar-refractivity contribution is 14.1. The maximum Gasteiger partial charge on any atom is 0.134 e. The second-order valence-corrected chi connectivity index (χ2v) is 2.43. The summed E-state index contributed by atoms with van der Waals surface area (Å²) in [6.07, 6.45) is 7.97. The van der Waals surface area contributed by atoms with E-state index in [1.807, 2.05) is 35.2 Å².